The van der Waals surface area contributed by atoms with Gasteiger partial charge in [-0.25, -0.2) is 8.42 Å². The molecule has 10 heteroatoms. The van der Waals surface area contributed by atoms with Crippen LogP contribution in [-0.2, 0) is 14.8 Å². The maximum atomic E-state index is 12.4. The maximum Gasteiger partial charge on any atom is 0.242 e. The molecule has 0 saturated heterocycles. The van der Waals surface area contributed by atoms with E-state index in [1.807, 2.05) is 0 Å². The third kappa shape index (κ3) is 5.48. The van der Waals surface area contributed by atoms with Gasteiger partial charge in [0.2, 0.25) is 15.9 Å². The number of nitrogens with one attached hydrogen (secondary N) is 2. The summed E-state index contributed by atoms with van der Waals surface area (Å²) in [5.41, 5.74) is 0.342. The molecule has 0 fully saturated rings. The molecule has 0 saturated carbocycles. The van der Waals surface area contributed by atoms with Gasteiger partial charge >= 0.3 is 0 Å². The van der Waals surface area contributed by atoms with E-state index in [1.54, 1.807) is 0 Å². The van der Waals surface area contributed by atoms with Gasteiger partial charge in [0, 0.05) is 20.8 Å². The van der Waals surface area contributed by atoms with Crippen LogP contribution in [0.5, 0.6) is 0 Å². The highest BCUT2D eigenvalue weighted by molar-refractivity contribution is 7.89. The van der Waals surface area contributed by atoms with Crippen molar-refractivity contribution in [1.82, 2.24) is 4.72 Å². The Hall–Kier alpha value is -1.02. The van der Waals surface area contributed by atoms with Gasteiger partial charge in [0.1, 0.15) is 4.90 Å². The number of carbonyl (C=O) groups is 1. The van der Waals surface area contributed by atoms with Crippen molar-refractivity contribution in [3.8, 4) is 0 Å². The number of rotatable bonds is 5. The molecule has 0 unspecified atom stereocenters. The van der Waals surface area contributed by atoms with Gasteiger partial charge < -0.3 is 5.32 Å². The molecule has 1 amide bonds. The second-order valence-electron chi connectivity index (χ2n) is 5.07. The molecule has 0 bridgehead atoms. The van der Waals surface area contributed by atoms with E-state index in [9.17, 15) is 13.2 Å². The Labute approximate surface area is 165 Å². The van der Waals surface area contributed by atoms with Crippen molar-refractivity contribution in [3.05, 3.63) is 56.5 Å². The molecule has 2 aromatic rings. The van der Waals surface area contributed by atoms with E-state index in [-0.39, 0.29) is 14.9 Å². The van der Waals surface area contributed by atoms with E-state index >= 15 is 0 Å². The zero-order valence-electron chi connectivity index (χ0n) is 12.7. The average Bonchev–Trinajstić information content (AvgIpc) is 2.48. The second-order valence-corrected chi connectivity index (χ2v) is 8.46. The van der Waals surface area contributed by atoms with Gasteiger partial charge in [-0.05, 0) is 43.3 Å². The predicted molar refractivity (Wildman–Crippen MR) is 101 cm³/mol. The van der Waals surface area contributed by atoms with Crippen LogP contribution >= 0.6 is 46.4 Å². The number of anilines is 1. The molecule has 134 valence electrons. The standard InChI is InChI=1S/C15H12Cl4N2O3S/c1-8(15(22)20-12-5-10(17)4-11(18)6-12)21-25(23,24)14-7-9(16)2-3-13(14)19/h2-8,21H,1H3,(H,20,22)/t8-/m1/s1. The Morgan fingerprint density at radius 3 is 2.16 bits per heavy atom. The van der Waals surface area contributed by atoms with E-state index < -0.39 is 22.0 Å². The highest BCUT2D eigenvalue weighted by Crippen LogP contribution is 2.25. The van der Waals surface area contributed by atoms with Crippen LogP contribution in [0.1, 0.15) is 6.92 Å². The van der Waals surface area contributed by atoms with Crippen molar-refractivity contribution in [2.45, 2.75) is 17.9 Å². The topological polar surface area (TPSA) is 75.3 Å². The van der Waals surface area contributed by atoms with Crippen LogP contribution < -0.4 is 10.0 Å². The molecule has 25 heavy (non-hydrogen) atoms. The highest BCUT2D eigenvalue weighted by Gasteiger charge is 2.24. The van der Waals surface area contributed by atoms with Gasteiger partial charge in [0.15, 0.2) is 0 Å². The molecule has 2 N–H and O–H groups in total. The van der Waals surface area contributed by atoms with Gasteiger partial charge in [0.05, 0.1) is 11.1 Å². The summed E-state index contributed by atoms with van der Waals surface area (Å²) in [5, 5.41) is 3.40. The minimum Gasteiger partial charge on any atom is -0.325 e. The Morgan fingerprint density at radius 2 is 1.56 bits per heavy atom. The van der Waals surface area contributed by atoms with Crippen molar-refractivity contribution in [3.63, 3.8) is 0 Å². The molecule has 0 aromatic heterocycles. The molecule has 0 heterocycles. The molecule has 0 spiro atoms. The smallest absolute Gasteiger partial charge is 0.242 e. The van der Waals surface area contributed by atoms with Crippen molar-refractivity contribution in [1.29, 1.82) is 0 Å². The zero-order chi connectivity index (χ0) is 18.8. The highest BCUT2D eigenvalue weighted by atomic mass is 35.5. The van der Waals surface area contributed by atoms with Crippen LogP contribution in [0.3, 0.4) is 0 Å². The summed E-state index contributed by atoms with van der Waals surface area (Å²) in [6.45, 7) is 1.39. The molecule has 0 aliphatic heterocycles. The number of carbonyl (C=O) groups excluding carboxylic acids is 1. The summed E-state index contributed by atoms with van der Waals surface area (Å²) in [7, 11) is -4.05. The molecule has 2 rings (SSSR count). The molecule has 2 aromatic carbocycles. The predicted octanol–water partition coefficient (Wildman–Crippen LogP) is 4.61. The number of hydrogen-bond donors (Lipinski definition) is 2. The minimum absolute atomic E-state index is 0.00821. The lowest BCUT2D eigenvalue weighted by Gasteiger charge is -2.15. The van der Waals surface area contributed by atoms with Crippen molar-refractivity contribution >= 4 is 68.0 Å². The first-order chi connectivity index (χ1) is 11.6. The summed E-state index contributed by atoms with van der Waals surface area (Å²) in [5.74, 6) is -0.597. The summed E-state index contributed by atoms with van der Waals surface area (Å²) in [6.07, 6.45) is 0. The molecule has 0 aliphatic carbocycles. The lowest BCUT2D eigenvalue weighted by Crippen LogP contribution is -2.41. The van der Waals surface area contributed by atoms with Gasteiger partial charge in [0.25, 0.3) is 0 Å². The number of halogens is 4. The molecular weight excluding hydrogens is 430 g/mol. The lowest BCUT2D eigenvalue weighted by molar-refractivity contribution is -0.117. The van der Waals surface area contributed by atoms with Gasteiger partial charge in [-0.15, -0.1) is 0 Å². The summed E-state index contributed by atoms with van der Waals surface area (Å²) in [6, 6.07) is 7.41. The van der Waals surface area contributed by atoms with Crippen molar-refractivity contribution < 1.29 is 13.2 Å². The number of amides is 1. The first kappa shape index (κ1) is 20.3. The Kier molecular flexibility index (Phi) is 6.59. The van der Waals surface area contributed by atoms with Gasteiger partial charge in [-0.1, -0.05) is 46.4 Å². The van der Waals surface area contributed by atoms with E-state index in [0.717, 1.165) is 0 Å². The van der Waals surface area contributed by atoms with Crippen LogP contribution in [0.25, 0.3) is 0 Å². The molecule has 5 nitrogen and oxygen atoms in total. The molecule has 0 aliphatic rings. The van der Waals surface area contributed by atoms with E-state index in [4.69, 9.17) is 46.4 Å². The van der Waals surface area contributed by atoms with Crippen molar-refractivity contribution in [2.24, 2.45) is 0 Å². The Balaban J connectivity index is 2.16. The average molecular weight is 442 g/mol. The van der Waals surface area contributed by atoms with Crippen LogP contribution in [-0.4, -0.2) is 20.4 Å². The second kappa shape index (κ2) is 8.12. The normalized spacial score (nSPS) is 12.7. The minimum atomic E-state index is -4.05. The molecule has 1 atom stereocenters. The first-order valence-corrected chi connectivity index (χ1v) is 9.82. The number of sulfonamides is 1. The SMILES string of the molecule is C[C@@H](NS(=O)(=O)c1cc(Cl)ccc1Cl)C(=O)Nc1cc(Cl)cc(Cl)c1. The summed E-state index contributed by atoms with van der Waals surface area (Å²) >= 11 is 23.4. The lowest BCUT2D eigenvalue weighted by atomic mass is 10.3. The van der Waals surface area contributed by atoms with Gasteiger partial charge in [-0.2, -0.15) is 4.72 Å². The third-order valence-electron chi connectivity index (χ3n) is 3.04. The van der Waals surface area contributed by atoms with Crippen LogP contribution in [0.2, 0.25) is 20.1 Å². The fourth-order valence-electron chi connectivity index (χ4n) is 1.91. The molecule has 0 radical (unpaired) electrons. The third-order valence-corrected chi connectivity index (χ3v) is 5.73. The number of hydrogen-bond acceptors (Lipinski definition) is 3. The summed E-state index contributed by atoms with van der Waals surface area (Å²) < 4.78 is 27.0. The fourth-order valence-corrected chi connectivity index (χ4v) is 4.40. The maximum absolute atomic E-state index is 12.4. The fraction of sp³-hybridized carbons (Fsp3) is 0.133. The molecular formula is C15H12Cl4N2O3S. The van der Waals surface area contributed by atoms with E-state index in [0.29, 0.717) is 15.7 Å². The Morgan fingerprint density at radius 1 is 0.960 bits per heavy atom. The monoisotopic (exact) mass is 440 g/mol. The van der Waals surface area contributed by atoms with Crippen LogP contribution in [0, 0.1) is 0 Å². The summed E-state index contributed by atoms with van der Waals surface area (Å²) in [4.78, 5) is 12.0. The van der Waals surface area contributed by atoms with Crippen LogP contribution in [0.15, 0.2) is 41.3 Å². The van der Waals surface area contributed by atoms with Crippen LogP contribution in [0.4, 0.5) is 5.69 Å². The largest absolute Gasteiger partial charge is 0.325 e. The first-order valence-electron chi connectivity index (χ1n) is 6.83. The van der Waals surface area contributed by atoms with E-state index in [1.165, 1.54) is 43.3 Å². The van der Waals surface area contributed by atoms with E-state index in [2.05, 4.69) is 10.0 Å². The van der Waals surface area contributed by atoms with Crippen molar-refractivity contribution in [2.75, 3.05) is 5.32 Å². The number of benzene rings is 2. The Bertz CT molecular complexity index is 899. The van der Waals surface area contributed by atoms with Gasteiger partial charge in [-0.3, -0.25) is 4.79 Å². The quantitative estimate of drug-likeness (QED) is 0.711. The zero-order valence-corrected chi connectivity index (χ0v) is 16.5.